The van der Waals surface area contributed by atoms with E-state index in [-0.39, 0.29) is 18.0 Å². The lowest BCUT2D eigenvalue weighted by Gasteiger charge is -2.08. The molecule has 0 heterocycles. The average molecular weight is 364 g/mol. The van der Waals surface area contributed by atoms with E-state index in [1.165, 1.54) is 6.07 Å². The minimum Gasteiger partial charge on any atom is -0.379 e. The summed E-state index contributed by atoms with van der Waals surface area (Å²) in [6.45, 7) is 0.310. The van der Waals surface area contributed by atoms with Gasteiger partial charge in [-0.1, -0.05) is 34.1 Å². The van der Waals surface area contributed by atoms with Crippen molar-refractivity contribution in [1.29, 1.82) is 0 Å². The van der Waals surface area contributed by atoms with Gasteiger partial charge in [0.2, 0.25) is 5.91 Å². The van der Waals surface area contributed by atoms with Crippen LogP contribution in [0.25, 0.3) is 0 Å². The Morgan fingerprint density at radius 1 is 1.18 bits per heavy atom. The fourth-order valence-electron chi connectivity index (χ4n) is 1.88. The molecule has 0 aromatic heterocycles. The molecule has 0 bridgehead atoms. The first kappa shape index (κ1) is 16.0. The van der Waals surface area contributed by atoms with Gasteiger partial charge in [-0.3, -0.25) is 14.9 Å². The Hall–Kier alpha value is -2.41. The number of carbonyl (C=O) groups excluding carboxylic acids is 1. The number of nitro benzene ring substituents is 1. The zero-order valence-corrected chi connectivity index (χ0v) is 13.2. The molecular weight excluding hydrogens is 350 g/mol. The molecule has 22 heavy (non-hydrogen) atoms. The summed E-state index contributed by atoms with van der Waals surface area (Å²) in [5.74, 6) is -0.163. The van der Waals surface area contributed by atoms with E-state index in [0.29, 0.717) is 17.9 Å². The number of amides is 1. The smallest absolute Gasteiger partial charge is 0.292 e. The Kier molecular flexibility index (Phi) is 5.48. The van der Waals surface area contributed by atoms with E-state index in [9.17, 15) is 14.9 Å². The molecule has 0 aliphatic heterocycles. The van der Waals surface area contributed by atoms with Crippen LogP contribution in [0.15, 0.2) is 53.0 Å². The quantitative estimate of drug-likeness (QED) is 0.603. The zero-order chi connectivity index (χ0) is 15.9. The highest BCUT2D eigenvalue weighted by molar-refractivity contribution is 9.10. The monoisotopic (exact) mass is 363 g/mol. The summed E-state index contributed by atoms with van der Waals surface area (Å²) >= 11 is 3.33. The van der Waals surface area contributed by atoms with Crippen LogP contribution in [0.1, 0.15) is 6.42 Å². The van der Waals surface area contributed by atoms with Gasteiger partial charge in [-0.05, 0) is 24.3 Å². The van der Waals surface area contributed by atoms with Gasteiger partial charge in [0.05, 0.1) is 4.92 Å². The summed E-state index contributed by atoms with van der Waals surface area (Å²) < 4.78 is 0.878. The molecule has 6 nitrogen and oxygen atoms in total. The van der Waals surface area contributed by atoms with E-state index < -0.39 is 4.92 Å². The third kappa shape index (κ3) is 4.56. The number of para-hydroxylation sites is 2. The molecule has 0 unspecified atom stereocenters. The molecule has 0 atom stereocenters. The van der Waals surface area contributed by atoms with Crippen LogP contribution in [0.2, 0.25) is 0 Å². The molecule has 0 saturated carbocycles. The number of halogens is 1. The van der Waals surface area contributed by atoms with Crippen LogP contribution in [0, 0.1) is 10.1 Å². The molecule has 0 radical (unpaired) electrons. The topological polar surface area (TPSA) is 84.3 Å². The van der Waals surface area contributed by atoms with Crippen molar-refractivity contribution in [2.24, 2.45) is 0 Å². The van der Waals surface area contributed by atoms with Crippen molar-refractivity contribution in [1.82, 2.24) is 0 Å². The fraction of sp³-hybridized carbons (Fsp3) is 0.133. The first-order chi connectivity index (χ1) is 10.6. The van der Waals surface area contributed by atoms with Crippen molar-refractivity contribution >= 4 is 38.9 Å². The molecule has 2 N–H and O–H groups in total. The molecule has 2 aromatic rings. The first-order valence-corrected chi connectivity index (χ1v) is 7.38. The lowest BCUT2D eigenvalue weighted by atomic mass is 10.2. The molecule has 2 aromatic carbocycles. The molecule has 7 heteroatoms. The maximum Gasteiger partial charge on any atom is 0.292 e. The molecule has 114 valence electrons. The molecule has 1 amide bonds. The third-order valence-corrected chi connectivity index (χ3v) is 3.37. The van der Waals surface area contributed by atoms with E-state index in [0.717, 1.165) is 4.47 Å². The Balaban J connectivity index is 1.86. The molecule has 0 aliphatic rings. The van der Waals surface area contributed by atoms with Crippen molar-refractivity contribution < 1.29 is 9.72 Å². The normalized spacial score (nSPS) is 10.0. The molecule has 0 spiro atoms. The van der Waals surface area contributed by atoms with Crippen LogP contribution in [0.4, 0.5) is 17.1 Å². The standard InChI is InChI=1S/C15H14BrN3O3/c16-11-4-3-5-12(10-11)18-15(20)8-9-17-13-6-1-2-7-14(13)19(21)22/h1-7,10,17H,8-9H2,(H,18,20). The van der Waals surface area contributed by atoms with E-state index >= 15 is 0 Å². The molecule has 2 rings (SSSR count). The van der Waals surface area contributed by atoms with E-state index in [1.807, 2.05) is 12.1 Å². The predicted octanol–water partition coefficient (Wildman–Crippen LogP) is 3.80. The van der Waals surface area contributed by atoms with Gasteiger partial charge >= 0.3 is 0 Å². The Morgan fingerprint density at radius 2 is 1.95 bits per heavy atom. The minimum absolute atomic E-state index is 0.00472. The van der Waals surface area contributed by atoms with E-state index in [4.69, 9.17) is 0 Å². The van der Waals surface area contributed by atoms with Gasteiger partial charge in [-0.15, -0.1) is 0 Å². The Labute approximate surface area is 135 Å². The van der Waals surface area contributed by atoms with E-state index in [2.05, 4.69) is 26.6 Å². The van der Waals surface area contributed by atoms with Crippen LogP contribution in [0.3, 0.4) is 0 Å². The second-order valence-electron chi connectivity index (χ2n) is 4.51. The number of nitro groups is 1. The van der Waals surface area contributed by atoms with Crippen molar-refractivity contribution in [2.45, 2.75) is 6.42 Å². The van der Waals surface area contributed by atoms with Crippen LogP contribution in [-0.2, 0) is 4.79 Å². The number of hydrogen-bond acceptors (Lipinski definition) is 4. The summed E-state index contributed by atoms with van der Waals surface area (Å²) in [5, 5.41) is 16.5. The number of nitrogens with one attached hydrogen (secondary N) is 2. The lowest BCUT2D eigenvalue weighted by Crippen LogP contribution is -2.16. The van der Waals surface area contributed by atoms with Crippen molar-refractivity contribution in [2.75, 3.05) is 17.2 Å². The van der Waals surface area contributed by atoms with Crippen LogP contribution >= 0.6 is 15.9 Å². The van der Waals surface area contributed by atoms with Gasteiger partial charge in [0.25, 0.3) is 5.69 Å². The number of anilines is 2. The van der Waals surface area contributed by atoms with Gasteiger partial charge in [-0.25, -0.2) is 0 Å². The fourth-order valence-corrected chi connectivity index (χ4v) is 2.28. The second kappa shape index (κ2) is 7.56. The predicted molar refractivity (Wildman–Crippen MR) is 89.0 cm³/mol. The largest absolute Gasteiger partial charge is 0.379 e. The van der Waals surface area contributed by atoms with Crippen LogP contribution in [0.5, 0.6) is 0 Å². The summed E-state index contributed by atoms with van der Waals surface area (Å²) in [5.41, 5.74) is 1.10. The highest BCUT2D eigenvalue weighted by Crippen LogP contribution is 2.23. The summed E-state index contributed by atoms with van der Waals surface area (Å²) in [6.07, 6.45) is 0.207. The highest BCUT2D eigenvalue weighted by Gasteiger charge is 2.12. The third-order valence-electron chi connectivity index (χ3n) is 2.88. The number of rotatable bonds is 6. The summed E-state index contributed by atoms with van der Waals surface area (Å²) in [4.78, 5) is 22.3. The average Bonchev–Trinajstić information content (AvgIpc) is 2.47. The maximum atomic E-state index is 11.8. The van der Waals surface area contributed by atoms with Gasteiger partial charge in [0.15, 0.2) is 0 Å². The molecular formula is C15H14BrN3O3. The second-order valence-corrected chi connectivity index (χ2v) is 5.43. The van der Waals surface area contributed by atoms with Gasteiger partial charge in [0.1, 0.15) is 5.69 Å². The summed E-state index contributed by atoms with van der Waals surface area (Å²) in [6, 6.07) is 13.6. The molecule has 0 saturated heterocycles. The van der Waals surface area contributed by atoms with Gasteiger partial charge in [-0.2, -0.15) is 0 Å². The summed E-state index contributed by atoms with van der Waals surface area (Å²) in [7, 11) is 0. The number of hydrogen-bond donors (Lipinski definition) is 2. The van der Waals surface area contributed by atoms with Gasteiger partial charge in [0, 0.05) is 29.2 Å². The first-order valence-electron chi connectivity index (χ1n) is 6.59. The zero-order valence-electron chi connectivity index (χ0n) is 11.6. The van der Waals surface area contributed by atoms with Crippen molar-refractivity contribution in [3.63, 3.8) is 0 Å². The van der Waals surface area contributed by atoms with Crippen LogP contribution in [-0.4, -0.2) is 17.4 Å². The van der Waals surface area contributed by atoms with Crippen molar-refractivity contribution in [3.8, 4) is 0 Å². The molecule has 0 fully saturated rings. The van der Waals surface area contributed by atoms with Crippen molar-refractivity contribution in [3.05, 3.63) is 63.1 Å². The number of carbonyl (C=O) groups is 1. The van der Waals surface area contributed by atoms with Crippen LogP contribution < -0.4 is 10.6 Å². The highest BCUT2D eigenvalue weighted by atomic mass is 79.9. The lowest BCUT2D eigenvalue weighted by molar-refractivity contribution is -0.384. The Bertz CT molecular complexity index is 691. The molecule has 0 aliphatic carbocycles. The maximum absolute atomic E-state index is 11.8. The SMILES string of the molecule is O=C(CCNc1ccccc1[N+](=O)[O-])Nc1cccc(Br)c1. The van der Waals surface area contributed by atoms with E-state index in [1.54, 1.807) is 30.3 Å². The number of benzene rings is 2. The van der Waals surface area contributed by atoms with Gasteiger partial charge < -0.3 is 10.6 Å². The minimum atomic E-state index is -0.454. The Morgan fingerprint density at radius 3 is 2.68 bits per heavy atom. The number of nitrogens with zero attached hydrogens (tertiary/aromatic N) is 1.